The zero-order valence-corrected chi connectivity index (χ0v) is 8.49. The van der Waals surface area contributed by atoms with Gasteiger partial charge in [-0.3, -0.25) is 9.59 Å². The fourth-order valence-corrected chi connectivity index (χ4v) is 0.867. The SMILES string of the molecule is CN(C)C(=O)C(O)C(O)C(O)C(=O)CO. The maximum atomic E-state index is 11.1. The quantitative estimate of drug-likeness (QED) is 0.386. The second-order valence-electron chi connectivity index (χ2n) is 3.24. The van der Waals surface area contributed by atoms with Crippen molar-refractivity contribution in [1.29, 1.82) is 0 Å². The second kappa shape index (κ2) is 5.76. The van der Waals surface area contributed by atoms with Crippen LogP contribution in [0.1, 0.15) is 0 Å². The zero-order valence-electron chi connectivity index (χ0n) is 8.49. The lowest BCUT2D eigenvalue weighted by molar-refractivity contribution is -0.154. The maximum absolute atomic E-state index is 11.1. The van der Waals surface area contributed by atoms with Crippen molar-refractivity contribution >= 4 is 11.7 Å². The number of likely N-dealkylation sites (N-methyl/N-ethyl adjacent to an activating group) is 1. The Kier molecular flexibility index (Phi) is 5.37. The molecule has 0 fully saturated rings. The third-order valence-corrected chi connectivity index (χ3v) is 1.83. The molecule has 1 amide bonds. The van der Waals surface area contributed by atoms with Crippen LogP contribution in [0, 0.1) is 0 Å². The molecule has 0 rings (SSSR count). The fraction of sp³-hybridized carbons (Fsp3) is 0.750. The van der Waals surface area contributed by atoms with E-state index in [0.29, 0.717) is 0 Å². The molecule has 0 saturated heterocycles. The van der Waals surface area contributed by atoms with Crippen LogP contribution in [0.3, 0.4) is 0 Å². The Morgan fingerprint density at radius 2 is 1.60 bits per heavy atom. The van der Waals surface area contributed by atoms with Crippen molar-refractivity contribution in [2.45, 2.75) is 18.3 Å². The van der Waals surface area contributed by atoms with Crippen molar-refractivity contribution in [3.8, 4) is 0 Å². The Hall–Kier alpha value is -1.02. The van der Waals surface area contributed by atoms with E-state index in [-0.39, 0.29) is 0 Å². The Labute approximate surface area is 86.6 Å². The van der Waals surface area contributed by atoms with E-state index in [9.17, 15) is 19.8 Å². The molecule has 0 aliphatic heterocycles. The van der Waals surface area contributed by atoms with E-state index in [1.165, 1.54) is 14.1 Å². The van der Waals surface area contributed by atoms with Gasteiger partial charge >= 0.3 is 0 Å². The summed E-state index contributed by atoms with van der Waals surface area (Å²) in [5, 5.41) is 35.9. The van der Waals surface area contributed by atoms with Gasteiger partial charge in [0.25, 0.3) is 5.91 Å². The van der Waals surface area contributed by atoms with Gasteiger partial charge < -0.3 is 25.3 Å². The molecule has 3 unspecified atom stereocenters. The number of hydrogen-bond acceptors (Lipinski definition) is 6. The molecule has 7 nitrogen and oxygen atoms in total. The predicted molar refractivity (Wildman–Crippen MR) is 48.8 cm³/mol. The number of carbonyl (C=O) groups excluding carboxylic acids is 2. The van der Waals surface area contributed by atoms with Gasteiger partial charge in [-0.1, -0.05) is 0 Å². The molecule has 0 aromatic carbocycles. The number of nitrogens with zero attached hydrogens (tertiary/aromatic N) is 1. The summed E-state index contributed by atoms with van der Waals surface area (Å²) in [4.78, 5) is 22.9. The molecule has 88 valence electrons. The molecule has 3 atom stereocenters. The summed E-state index contributed by atoms with van der Waals surface area (Å²) < 4.78 is 0. The van der Waals surface area contributed by atoms with Crippen LogP contribution in [0.4, 0.5) is 0 Å². The molecule has 0 aliphatic rings. The third kappa shape index (κ3) is 3.56. The van der Waals surface area contributed by atoms with Gasteiger partial charge in [0, 0.05) is 14.1 Å². The normalized spacial score (nSPS) is 16.7. The van der Waals surface area contributed by atoms with Crippen molar-refractivity contribution in [3.05, 3.63) is 0 Å². The first-order valence-electron chi connectivity index (χ1n) is 4.21. The van der Waals surface area contributed by atoms with Crippen molar-refractivity contribution in [3.63, 3.8) is 0 Å². The lowest BCUT2D eigenvalue weighted by Crippen LogP contribution is -2.49. The summed E-state index contributed by atoms with van der Waals surface area (Å²) in [7, 11) is 2.69. The number of amides is 1. The van der Waals surface area contributed by atoms with Crippen LogP contribution in [0.5, 0.6) is 0 Å². The number of aliphatic hydroxyl groups excluding tert-OH is 4. The molecule has 0 spiro atoms. The van der Waals surface area contributed by atoms with E-state index >= 15 is 0 Å². The number of hydrogen-bond donors (Lipinski definition) is 4. The van der Waals surface area contributed by atoms with Crippen molar-refractivity contribution < 1.29 is 30.0 Å². The molecule has 0 heterocycles. The van der Waals surface area contributed by atoms with Gasteiger partial charge in [0.15, 0.2) is 11.9 Å². The lowest BCUT2D eigenvalue weighted by Gasteiger charge is -2.23. The smallest absolute Gasteiger partial charge is 0.253 e. The summed E-state index contributed by atoms with van der Waals surface area (Å²) in [6, 6.07) is 0. The van der Waals surface area contributed by atoms with Gasteiger partial charge in [-0.05, 0) is 0 Å². The number of ketones is 1. The maximum Gasteiger partial charge on any atom is 0.253 e. The highest BCUT2D eigenvalue weighted by Crippen LogP contribution is 2.04. The Morgan fingerprint density at radius 1 is 1.13 bits per heavy atom. The summed E-state index contributed by atoms with van der Waals surface area (Å²) >= 11 is 0. The molecule has 0 aromatic rings. The topological polar surface area (TPSA) is 118 Å². The van der Waals surface area contributed by atoms with E-state index < -0.39 is 36.6 Å². The molecular weight excluding hydrogens is 206 g/mol. The van der Waals surface area contributed by atoms with Gasteiger partial charge in [0.2, 0.25) is 0 Å². The van der Waals surface area contributed by atoms with Gasteiger partial charge in [-0.2, -0.15) is 0 Å². The summed E-state index contributed by atoms with van der Waals surface area (Å²) in [6.45, 7) is -0.971. The molecular formula is C8H15NO6. The van der Waals surface area contributed by atoms with Gasteiger partial charge in [-0.15, -0.1) is 0 Å². The summed E-state index contributed by atoms with van der Waals surface area (Å²) in [5.41, 5.74) is 0. The minimum atomic E-state index is -1.98. The van der Waals surface area contributed by atoms with Crippen molar-refractivity contribution in [2.75, 3.05) is 20.7 Å². The van der Waals surface area contributed by atoms with Crippen LogP contribution in [-0.2, 0) is 9.59 Å². The van der Waals surface area contributed by atoms with E-state index in [1.807, 2.05) is 0 Å². The highest BCUT2D eigenvalue weighted by molar-refractivity contribution is 5.87. The molecule has 15 heavy (non-hydrogen) atoms. The minimum absolute atomic E-state index is 0.840. The number of carbonyl (C=O) groups is 2. The Bertz CT molecular complexity index is 241. The first-order valence-corrected chi connectivity index (χ1v) is 4.21. The van der Waals surface area contributed by atoms with Gasteiger partial charge in [0.1, 0.15) is 18.8 Å². The van der Waals surface area contributed by atoms with Crippen LogP contribution < -0.4 is 0 Å². The van der Waals surface area contributed by atoms with E-state index in [0.717, 1.165) is 4.90 Å². The fourth-order valence-electron chi connectivity index (χ4n) is 0.867. The molecule has 0 radical (unpaired) electrons. The number of rotatable bonds is 5. The molecule has 0 bridgehead atoms. The lowest BCUT2D eigenvalue weighted by atomic mass is 10.0. The highest BCUT2D eigenvalue weighted by atomic mass is 16.4. The number of aliphatic hydroxyl groups is 4. The summed E-state index contributed by atoms with van der Waals surface area (Å²) in [6.07, 6.45) is -5.82. The van der Waals surface area contributed by atoms with Crippen LogP contribution >= 0.6 is 0 Å². The van der Waals surface area contributed by atoms with Crippen LogP contribution in [0.15, 0.2) is 0 Å². The minimum Gasteiger partial charge on any atom is -0.388 e. The summed E-state index contributed by atoms with van der Waals surface area (Å²) in [5.74, 6) is -1.90. The van der Waals surface area contributed by atoms with Crippen LogP contribution in [-0.4, -0.2) is 76.0 Å². The first-order chi connectivity index (χ1) is 6.82. The molecule has 0 saturated carbocycles. The molecule has 0 aromatic heterocycles. The molecule has 7 heteroatoms. The van der Waals surface area contributed by atoms with E-state index in [1.54, 1.807) is 0 Å². The monoisotopic (exact) mass is 221 g/mol. The number of Topliss-reactive ketones (excluding diaryl/α,β-unsaturated/α-hetero) is 1. The Balaban J connectivity index is 4.50. The average molecular weight is 221 g/mol. The zero-order chi connectivity index (χ0) is 12.2. The standard InChI is InChI=1S/C8H15NO6/c1-9(2)8(15)7(14)6(13)5(12)4(11)3-10/h5-7,10,12-14H,3H2,1-2H3. The molecule has 4 N–H and O–H groups in total. The van der Waals surface area contributed by atoms with Gasteiger partial charge in [0.05, 0.1) is 0 Å². The van der Waals surface area contributed by atoms with Gasteiger partial charge in [-0.25, -0.2) is 0 Å². The largest absolute Gasteiger partial charge is 0.388 e. The second-order valence-corrected chi connectivity index (χ2v) is 3.24. The third-order valence-electron chi connectivity index (χ3n) is 1.83. The van der Waals surface area contributed by atoms with Crippen LogP contribution in [0.2, 0.25) is 0 Å². The molecule has 0 aliphatic carbocycles. The first kappa shape index (κ1) is 14.0. The Morgan fingerprint density at radius 3 is 1.93 bits per heavy atom. The van der Waals surface area contributed by atoms with Crippen LogP contribution in [0.25, 0.3) is 0 Å². The van der Waals surface area contributed by atoms with Crippen molar-refractivity contribution in [1.82, 2.24) is 4.90 Å². The van der Waals surface area contributed by atoms with E-state index in [4.69, 9.17) is 10.2 Å². The average Bonchev–Trinajstić information content (AvgIpc) is 2.23. The predicted octanol–water partition coefficient (Wildman–Crippen LogP) is -3.28. The highest BCUT2D eigenvalue weighted by Gasteiger charge is 2.34. The van der Waals surface area contributed by atoms with E-state index in [2.05, 4.69) is 0 Å². The van der Waals surface area contributed by atoms with Crippen molar-refractivity contribution in [2.24, 2.45) is 0 Å².